The molecule has 0 saturated heterocycles. The van der Waals surface area contributed by atoms with Crippen molar-refractivity contribution < 1.29 is 4.79 Å². The highest BCUT2D eigenvalue weighted by molar-refractivity contribution is 9.10. The molecule has 4 nitrogen and oxygen atoms in total. The van der Waals surface area contributed by atoms with Gasteiger partial charge in [0.1, 0.15) is 4.88 Å². The van der Waals surface area contributed by atoms with E-state index in [9.17, 15) is 4.79 Å². The molecule has 0 aliphatic rings. The minimum absolute atomic E-state index is 0.222. The minimum atomic E-state index is -0.222. The van der Waals surface area contributed by atoms with Crippen molar-refractivity contribution in [2.45, 2.75) is 13.8 Å². The lowest BCUT2D eigenvalue weighted by molar-refractivity contribution is 0.103. The van der Waals surface area contributed by atoms with E-state index in [0.717, 1.165) is 9.48 Å². The molecule has 0 atom stereocenters. The van der Waals surface area contributed by atoms with Crippen LogP contribution in [-0.2, 0) is 0 Å². The maximum absolute atomic E-state index is 12.1. The van der Waals surface area contributed by atoms with Crippen molar-refractivity contribution in [1.29, 1.82) is 0 Å². The van der Waals surface area contributed by atoms with Crippen LogP contribution >= 0.6 is 38.9 Å². The fourth-order valence-electron chi connectivity index (χ4n) is 1.43. The summed E-state index contributed by atoms with van der Waals surface area (Å²) in [4.78, 5) is 20.8. The molecule has 0 aliphatic carbocycles. The van der Waals surface area contributed by atoms with E-state index in [4.69, 9.17) is 11.6 Å². The molecule has 2 aromatic heterocycles. The summed E-state index contributed by atoms with van der Waals surface area (Å²) in [5.41, 5.74) is 1.19. The van der Waals surface area contributed by atoms with Crippen LogP contribution in [0.2, 0.25) is 5.15 Å². The number of carbonyl (C=O) groups is 1. The molecule has 0 unspecified atom stereocenters. The van der Waals surface area contributed by atoms with Crippen molar-refractivity contribution in [2.24, 2.45) is 0 Å². The molecule has 0 radical (unpaired) electrons. The first-order valence-corrected chi connectivity index (χ1v) is 7.02. The van der Waals surface area contributed by atoms with Crippen LogP contribution in [0.1, 0.15) is 20.4 Å². The third-order valence-electron chi connectivity index (χ3n) is 2.16. The average molecular weight is 347 g/mol. The number of aryl methyl sites for hydroxylation is 2. The summed E-state index contributed by atoms with van der Waals surface area (Å²) < 4.78 is 0.749. The van der Waals surface area contributed by atoms with E-state index < -0.39 is 0 Å². The summed E-state index contributed by atoms with van der Waals surface area (Å²) in [6, 6.07) is 1.70. The van der Waals surface area contributed by atoms with E-state index in [2.05, 4.69) is 31.2 Å². The summed E-state index contributed by atoms with van der Waals surface area (Å²) in [6.45, 7) is 3.67. The van der Waals surface area contributed by atoms with Gasteiger partial charge in [-0.15, -0.1) is 11.3 Å². The van der Waals surface area contributed by atoms with E-state index in [-0.39, 0.29) is 11.1 Å². The second-order valence-corrected chi connectivity index (χ2v) is 6.07. The van der Waals surface area contributed by atoms with Gasteiger partial charge in [-0.2, -0.15) is 0 Å². The van der Waals surface area contributed by atoms with Crippen LogP contribution in [0.3, 0.4) is 0 Å². The van der Waals surface area contributed by atoms with Crippen molar-refractivity contribution in [3.8, 4) is 0 Å². The van der Waals surface area contributed by atoms with Crippen molar-refractivity contribution in [2.75, 3.05) is 5.32 Å². The SMILES string of the molecule is Cc1nc(C)c(C(=O)Nc2cc(Br)cnc2Cl)s1. The average Bonchev–Trinajstić information content (AvgIpc) is 2.63. The summed E-state index contributed by atoms with van der Waals surface area (Å²) in [5, 5.41) is 3.84. The molecule has 94 valence electrons. The molecule has 0 aliphatic heterocycles. The topological polar surface area (TPSA) is 54.9 Å². The van der Waals surface area contributed by atoms with Gasteiger partial charge in [-0.1, -0.05) is 11.6 Å². The smallest absolute Gasteiger partial charge is 0.267 e. The van der Waals surface area contributed by atoms with Crippen LogP contribution in [0.15, 0.2) is 16.7 Å². The van der Waals surface area contributed by atoms with Gasteiger partial charge in [-0.25, -0.2) is 9.97 Å². The van der Waals surface area contributed by atoms with Crippen molar-refractivity contribution in [3.63, 3.8) is 0 Å². The zero-order chi connectivity index (χ0) is 13.3. The Morgan fingerprint density at radius 1 is 1.50 bits per heavy atom. The normalized spacial score (nSPS) is 10.4. The number of rotatable bonds is 2. The first-order valence-electron chi connectivity index (χ1n) is 5.04. The van der Waals surface area contributed by atoms with Crippen LogP contribution in [0, 0.1) is 13.8 Å². The predicted molar refractivity (Wildman–Crippen MR) is 76.5 cm³/mol. The number of nitrogens with zero attached hydrogens (tertiary/aromatic N) is 2. The Balaban J connectivity index is 2.26. The Labute approximate surface area is 122 Å². The van der Waals surface area contributed by atoms with Crippen molar-refractivity contribution >= 4 is 50.5 Å². The zero-order valence-corrected chi connectivity index (χ0v) is 12.8. The Morgan fingerprint density at radius 2 is 2.22 bits per heavy atom. The van der Waals surface area contributed by atoms with Gasteiger partial charge in [0, 0.05) is 10.7 Å². The monoisotopic (exact) mass is 345 g/mol. The summed E-state index contributed by atoms with van der Waals surface area (Å²) >= 11 is 10.5. The highest BCUT2D eigenvalue weighted by atomic mass is 79.9. The fourth-order valence-corrected chi connectivity index (χ4v) is 2.73. The number of amides is 1. The molecule has 0 bridgehead atoms. The molecule has 2 heterocycles. The Kier molecular flexibility index (Phi) is 3.99. The first kappa shape index (κ1) is 13.5. The number of hydrogen-bond donors (Lipinski definition) is 1. The zero-order valence-electron chi connectivity index (χ0n) is 9.62. The fraction of sp³-hybridized carbons (Fsp3) is 0.182. The quantitative estimate of drug-likeness (QED) is 0.841. The van der Waals surface area contributed by atoms with E-state index in [1.807, 2.05) is 6.92 Å². The third kappa shape index (κ3) is 2.88. The van der Waals surface area contributed by atoms with E-state index in [0.29, 0.717) is 16.3 Å². The van der Waals surface area contributed by atoms with Crippen LogP contribution < -0.4 is 5.32 Å². The Bertz CT molecular complexity index is 614. The summed E-state index contributed by atoms with van der Waals surface area (Å²) in [5.74, 6) is -0.222. The van der Waals surface area contributed by atoms with Gasteiger partial charge < -0.3 is 5.32 Å². The molecule has 1 amide bonds. The molecule has 0 spiro atoms. The minimum Gasteiger partial charge on any atom is -0.319 e. The lowest BCUT2D eigenvalue weighted by atomic mass is 10.3. The van der Waals surface area contributed by atoms with E-state index in [1.165, 1.54) is 11.3 Å². The van der Waals surface area contributed by atoms with Crippen LogP contribution in [0.5, 0.6) is 0 Å². The van der Waals surface area contributed by atoms with E-state index in [1.54, 1.807) is 19.2 Å². The summed E-state index contributed by atoms with van der Waals surface area (Å²) in [7, 11) is 0. The Hall–Kier alpha value is -0.980. The third-order valence-corrected chi connectivity index (χ3v) is 3.97. The maximum atomic E-state index is 12.1. The number of carbonyl (C=O) groups excluding carboxylic acids is 1. The number of aromatic nitrogens is 2. The standard InChI is InChI=1S/C11H9BrClN3OS/c1-5-9(18-6(2)15-5)11(17)16-8-3-7(12)4-14-10(8)13/h3-4H,1-2H3,(H,16,17). The number of thiazole rings is 1. The van der Waals surface area contributed by atoms with Gasteiger partial charge >= 0.3 is 0 Å². The highest BCUT2D eigenvalue weighted by Crippen LogP contribution is 2.25. The molecule has 1 N–H and O–H groups in total. The molecule has 0 fully saturated rings. The van der Waals surface area contributed by atoms with Crippen LogP contribution in [0.25, 0.3) is 0 Å². The maximum Gasteiger partial charge on any atom is 0.267 e. The molecule has 0 aromatic carbocycles. The molecule has 2 rings (SSSR count). The van der Waals surface area contributed by atoms with E-state index >= 15 is 0 Å². The van der Waals surface area contributed by atoms with Gasteiger partial charge in [-0.05, 0) is 35.8 Å². The highest BCUT2D eigenvalue weighted by Gasteiger charge is 2.15. The number of nitrogens with one attached hydrogen (secondary N) is 1. The molecule has 7 heteroatoms. The van der Waals surface area contributed by atoms with Gasteiger partial charge in [0.25, 0.3) is 5.91 Å². The number of pyridine rings is 1. The van der Waals surface area contributed by atoms with Gasteiger partial charge in [-0.3, -0.25) is 4.79 Å². The first-order chi connectivity index (χ1) is 8.47. The summed E-state index contributed by atoms with van der Waals surface area (Å²) in [6.07, 6.45) is 1.57. The van der Waals surface area contributed by atoms with Crippen molar-refractivity contribution in [1.82, 2.24) is 9.97 Å². The molecular formula is C11H9BrClN3OS. The lowest BCUT2D eigenvalue weighted by Gasteiger charge is -2.05. The molecular weight excluding hydrogens is 338 g/mol. The van der Waals surface area contributed by atoms with Crippen LogP contribution in [-0.4, -0.2) is 15.9 Å². The second kappa shape index (κ2) is 5.34. The second-order valence-electron chi connectivity index (χ2n) is 3.59. The van der Waals surface area contributed by atoms with Gasteiger partial charge in [0.2, 0.25) is 0 Å². The largest absolute Gasteiger partial charge is 0.319 e. The van der Waals surface area contributed by atoms with Crippen LogP contribution in [0.4, 0.5) is 5.69 Å². The molecule has 18 heavy (non-hydrogen) atoms. The van der Waals surface area contributed by atoms with Gasteiger partial charge in [0.05, 0.1) is 16.4 Å². The van der Waals surface area contributed by atoms with Gasteiger partial charge in [0.15, 0.2) is 5.15 Å². The molecule has 0 saturated carbocycles. The molecule has 2 aromatic rings. The predicted octanol–water partition coefficient (Wildman–Crippen LogP) is 3.82. The number of hydrogen-bond acceptors (Lipinski definition) is 4. The number of halogens is 2. The number of anilines is 1. The lowest BCUT2D eigenvalue weighted by Crippen LogP contribution is -2.12. The van der Waals surface area contributed by atoms with Crippen molar-refractivity contribution in [3.05, 3.63) is 37.5 Å². The Morgan fingerprint density at radius 3 is 2.83 bits per heavy atom.